The summed E-state index contributed by atoms with van der Waals surface area (Å²) in [7, 11) is 0. The molecular formula is C11H19NO2. The summed E-state index contributed by atoms with van der Waals surface area (Å²) in [6, 6.07) is 0. The number of hydrogen-bond donors (Lipinski definition) is 1. The number of carbonyl (C=O) groups is 1. The van der Waals surface area contributed by atoms with Crippen LogP contribution in [-0.2, 0) is 9.53 Å². The van der Waals surface area contributed by atoms with Gasteiger partial charge in [-0.15, -0.1) is 0 Å². The lowest BCUT2D eigenvalue weighted by molar-refractivity contribution is -0.122. The van der Waals surface area contributed by atoms with E-state index in [1.807, 2.05) is 6.92 Å². The molecule has 3 heteroatoms. The average Bonchev–Trinajstić information content (AvgIpc) is 3.00. The summed E-state index contributed by atoms with van der Waals surface area (Å²) in [4.78, 5) is 11.4. The van der Waals surface area contributed by atoms with Crippen LogP contribution in [0, 0.1) is 5.92 Å². The van der Waals surface area contributed by atoms with Crippen molar-refractivity contribution in [3.8, 4) is 0 Å². The highest BCUT2D eigenvalue weighted by molar-refractivity contribution is 5.76. The highest BCUT2D eigenvalue weighted by Crippen LogP contribution is 2.46. The van der Waals surface area contributed by atoms with E-state index < -0.39 is 0 Å². The summed E-state index contributed by atoms with van der Waals surface area (Å²) < 4.78 is 5.34. The lowest BCUT2D eigenvalue weighted by Crippen LogP contribution is -2.44. The third kappa shape index (κ3) is 1.92. The molecule has 0 spiro atoms. The first kappa shape index (κ1) is 9.97. The van der Waals surface area contributed by atoms with E-state index >= 15 is 0 Å². The molecule has 0 aromatic rings. The minimum absolute atomic E-state index is 0.164. The van der Waals surface area contributed by atoms with Crippen molar-refractivity contribution in [2.75, 3.05) is 13.2 Å². The molecule has 14 heavy (non-hydrogen) atoms. The van der Waals surface area contributed by atoms with Crippen LogP contribution in [-0.4, -0.2) is 24.7 Å². The van der Waals surface area contributed by atoms with Crippen LogP contribution in [0.4, 0.5) is 0 Å². The minimum atomic E-state index is 0.164. The van der Waals surface area contributed by atoms with Crippen LogP contribution < -0.4 is 5.32 Å². The van der Waals surface area contributed by atoms with Crippen molar-refractivity contribution in [3.63, 3.8) is 0 Å². The predicted molar refractivity (Wildman–Crippen MR) is 53.9 cm³/mol. The molecule has 0 radical (unpaired) electrons. The highest BCUT2D eigenvalue weighted by Gasteiger charge is 2.50. The van der Waals surface area contributed by atoms with Crippen LogP contribution >= 0.6 is 0 Å². The van der Waals surface area contributed by atoms with Gasteiger partial charge in [-0.3, -0.25) is 4.79 Å². The molecule has 1 saturated carbocycles. The molecule has 1 aliphatic heterocycles. The highest BCUT2D eigenvalue weighted by atomic mass is 16.5. The van der Waals surface area contributed by atoms with Gasteiger partial charge in [-0.05, 0) is 31.6 Å². The van der Waals surface area contributed by atoms with Crippen molar-refractivity contribution in [1.82, 2.24) is 5.32 Å². The van der Waals surface area contributed by atoms with Gasteiger partial charge in [0.15, 0.2) is 0 Å². The fraction of sp³-hybridized carbons (Fsp3) is 0.909. The molecule has 0 atom stereocenters. The zero-order valence-electron chi connectivity index (χ0n) is 8.84. The number of amides is 1. The Morgan fingerprint density at radius 2 is 2.07 bits per heavy atom. The maximum Gasteiger partial charge on any atom is 0.220 e. The molecule has 1 amide bonds. The van der Waals surface area contributed by atoms with E-state index in [0.29, 0.717) is 12.3 Å². The van der Waals surface area contributed by atoms with Gasteiger partial charge in [0.05, 0.1) is 0 Å². The van der Waals surface area contributed by atoms with Gasteiger partial charge < -0.3 is 10.1 Å². The first-order valence-corrected chi connectivity index (χ1v) is 5.65. The van der Waals surface area contributed by atoms with E-state index in [0.717, 1.165) is 26.1 Å². The first-order chi connectivity index (χ1) is 6.77. The van der Waals surface area contributed by atoms with Gasteiger partial charge in [-0.2, -0.15) is 0 Å². The Kier molecular flexibility index (Phi) is 2.77. The molecule has 1 saturated heterocycles. The summed E-state index contributed by atoms with van der Waals surface area (Å²) >= 11 is 0. The number of ether oxygens (including phenoxy) is 1. The minimum Gasteiger partial charge on any atom is -0.381 e. The molecule has 0 aromatic carbocycles. The lowest BCUT2D eigenvalue weighted by atomic mass is 9.89. The standard InChI is InChI=1S/C11H19NO2/c1-2-10(13)12-11(5-6-11)9-3-7-14-8-4-9/h9H,2-8H2,1H3,(H,12,13). The van der Waals surface area contributed by atoms with Crippen LogP contribution in [0.1, 0.15) is 39.0 Å². The van der Waals surface area contributed by atoms with Gasteiger partial charge in [0.25, 0.3) is 0 Å². The Bertz CT molecular complexity index is 217. The third-order valence-electron chi connectivity index (χ3n) is 3.50. The summed E-state index contributed by atoms with van der Waals surface area (Å²) in [5.41, 5.74) is 0.164. The quantitative estimate of drug-likeness (QED) is 0.744. The molecular weight excluding hydrogens is 178 g/mol. The summed E-state index contributed by atoms with van der Waals surface area (Å²) in [6.07, 6.45) is 5.17. The second-order valence-corrected chi connectivity index (χ2v) is 4.44. The van der Waals surface area contributed by atoms with Gasteiger partial charge in [-0.1, -0.05) is 6.92 Å². The van der Waals surface area contributed by atoms with Crippen LogP contribution in [0.5, 0.6) is 0 Å². The Hall–Kier alpha value is -0.570. The molecule has 1 heterocycles. The summed E-state index contributed by atoms with van der Waals surface area (Å²) in [6.45, 7) is 3.65. The van der Waals surface area contributed by atoms with Crippen molar-refractivity contribution in [2.45, 2.75) is 44.6 Å². The third-order valence-corrected chi connectivity index (χ3v) is 3.50. The predicted octanol–water partition coefficient (Wildman–Crippen LogP) is 1.47. The largest absolute Gasteiger partial charge is 0.381 e. The smallest absolute Gasteiger partial charge is 0.220 e. The molecule has 2 fully saturated rings. The fourth-order valence-electron chi connectivity index (χ4n) is 2.39. The molecule has 1 aliphatic carbocycles. The monoisotopic (exact) mass is 197 g/mol. The van der Waals surface area contributed by atoms with Crippen LogP contribution in [0.15, 0.2) is 0 Å². The van der Waals surface area contributed by atoms with E-state index in [2.05, 4.69) is 5.32 Å². The van der Waals surface area contributed by atoms with Gasteiger partial charge in [0, 0.05) is 25.2 Å². The summed E-state index contributed by atoms with van der Waals surface area (Å²) in [5, 5.41) is 3.19. The van der Waals surface area contributed by atoms with Gasteiger partial charge >= 0.3 is 0 Å². The van der Waals surface area contributed by atoms with E-state index in [1.165, 1.54) is 12.8 Å². The Balaban J connectivity index is 1.90. The summed E-state index contributed by atoms with van der Waals surface area (Å²) in [5.74, 6) is 0.862. The van der Waals surface area contributed by atoms with Crippen molar-refractivity contribution in [1.29, 1.82) is 0 Å². The van der Waals surface area contributed by atoms with E-state index in [4.69, 9.17) is 4.74 Å². The molecule has 80 valence electrons. The molecule has 0 aromatic heterocycles. The van der Waals surface area contributed by atoms with Gasteiger partial charge in [-0.25, -0.2) is 0 Å². The second-order valence-electron chi connectivity index (χ2n) is 4.44. The maximum atomic E-state index is 11.4. The SMILES string of the molecule is CCC(=O)NC1(C2CCOCC2)CC1. The molecule has 0 unspecified atom stereocenters. The zero-order chi connectivity index (χ0) is 10.0. The first-order valence-electron chi connectivity index (χ1n) is 5.65. The number of nitrogens with one attached hydrogen (secondary N) is 1. The zero-order valence-corrected chi connectivity index (χ0v) is 8.84. The van der Waals surface area contributed by atoms with E-state index in [-0.39, 0.29) is 11.4 Å². The van der Waals surface area contributed by atoms with Gasteiger partial charge in [0.2, 0.25) is 5.91 Å². The van der Waals surface area contributed by atoms with E-state index in [1.54, 1.807) is 0 Å². The average molecular weight is 197 g/mol. The normalized spacial score (nSPS) is 25.8. The van der Waals surface area contributed by atoms with Crippen LogP contribution in [0.3, 0.4) is 0 Å². The Morgan fingerprint density at radius 1 is 1.43 bits per heavy atom. The molecule has 1 N–H and O–H groups in total. The van der Waals surface area contributed by atoms with Crippen LogP contribution in [0.25, 0.3) is 0 Å². The van der Waals surface area contributed by atoms with Crippen molar-refractivity contribution >= 4 is 5.91 Å². The lowest BCUT2D eigenvalue weighted by Gasteiger charge is -2.31. The Labute approximate surface area is 85.2 Å². The number of rotatable bonds is 3. The van der Waals surface area contributed by atoms with Crippen LogP contribution in [0.2, 0.25) is 0 Å². The van der Waals surface area contributed by atoms with Crippen molar-refractivity contribution in [2.24, 2.45) is 5.92 Å². The molecule has 2 rings (SSSR count). The number of hydrogen-bond acceptors (Lipinski definition) is 2. The van der Waals surface area contributed by atoms with Crippen molar-refractivity contribution in [3.05, 3.63) is 0 Å². The second kappa shape index (κ2) is 3.89. The topological polar surface area (TPSA) is 38.3 Å². The number of carbonyl (C=O) groups excluding carboxylic acids is 1. The van der Waals surface area contributed by atoms with E-state index in [9.17, 15) is 4.79 Å². The molecule has 2 aliphatic rings. The molecule has 3 nitrogen and oxygen atoms in total. The fourth-order valence-corrected chi connectivity index (χ4v) is 2.39. The molecule has 0 bridgehead atoms. The van der Waals surface area contributed by atoms with Gasteiger partial charge in [0.1, 0.15) is 0 Å². The van der Waals surface area contributed by atoms with Crippen molar-refractivity contribution < 1.29 is 9.53 Å². The Morgan fingerprint density at radius 3 is 2.57 bits per heavy atom. The maximum absolute atomic E-state index is 11.4.